The fourth-order valence-corrected chi connectivity index (χ4v) is 8.34. The molecule has 0 spiro atoms. The molecule has 0 saturated carbocycles. The monoisotopic (exact) mass is 930 g/mol. The number of halogens is 3. The molecule has 1 N–H and O–H groups in total. The van der Waals surface area contributed by atoms with E-state index in [1.54, 1.807) is 27.4 Å². The summed E-state index contributed by atoms with van der Waals surface area (Å²) in [6.07, 6.45) is 6.21. The van der Waals surface area contributed by atoms with E-state index in [2.05, 4.69) is 47.3 Å². The van der Waals surface area contributed by atoms with Gasteiger partial charge in [-0.25, -0.2) is 18.7 Å². The van der Waals surface area contributed by atoms with Crippen LogP contribution >= 0.6 is 11.6 Å². The fourth-order valence-electron chi connectivity index (χ4n) is 8.07. The minimum Gasteiger partial charge on any atom is -0.497 e. The normalized spacial score (nSPS) is 18.0. The number of hydrogen-bond donors (Lipinski definition) is 1. The molecule has 350 valence electrons. The third kappa shape index (κ3) is 12.3. The zero-order valence-electron chi connectivity index (χ0n) is 37.6. The number of nitrogens with one attached hydrogen (secondary N) is 1. The molecule has 8 rings (SSSR count). The molecule has 0 radical (unpaired) electrons. The first-order chi connectivity index (χ1) is 31.7. The zero-order chi connectivity index (χ0) is 47.5. The van der Waals surface area contributed by atoms with Gasteiger partial charge in [-0.15, -0.1) is 0 Å². The summed E-state index contributed by atoms with van der Waals surface area (Å²) < 4.78 is 54.8. The lowest BCUT2D eigenvalue weighted by Crippen LogP contribution is -2.42. The van der Waals surface area contributed by atoms with E-state index in [-0.39, 0.29) is 33.9 Å². The molecule has 2 unspecified atom stereocenters. The van der Waals surface area contributed by atoms with Crippen molar-refractivity contribution in [3.63, 3.8) is 0 Å². The van der Waals surface area contributed by atoms with Crippen molar-refractivity contribution >= 4 is 50.5 Å². The number of anilines is 1. The smallest absolute Gasteiger partial charge is 0.311 e. The molecule has 0 aliphatic carbocycles. The highest BCUT2D eigenvalue weighted by molar-refractivity contribution is 6.37. The van der Waals surface area contributed by atoms with E-state index >= 15 is 0 Å². The first-order valence-electron chi connectivity index (χ1n) is 21.4. The Morgan fingerprint density at radius 2 is 1.35 bits per heavy atom. The van der Waals surface area contributed by atoms with E-state index in [4.69, 9.17) is 35.3 Å². The van der Waals surface area contributed by atoms with E-state index < -0.39 is 21.5 Å². The van der Waals surface area contributed by atoms with Crippen LogP contribution in [0.25, 0.3) is 21.8 Å². The zero-order valence-corrected chi connectivity index (χ0v) is 38.3. The van der Waals surface area contributed by atoms with Crippen LogP contribution in [-0.4, -0.2) is 78.6 Å². The van der Waals surface area contributed by atoms with Crippen LogP contribution in [-0.2, 0) is 22.6 Å². The molecule has 15 nitrogen and oxygen atoms in total. The van der Waals surface area contributed by atoms with Crippen molar-refractivity contribution in [2.75, 3.05) is 39.4 Å². The summed E-state index contributed by atoms with van der Waals surface area (Å²) in [4.78, 5) is 31.5. The number of aromatic nitrogens is 2. The maximum atomic E-state index is 14.3. The second-order valence-electron chi connectivity index (χ2n) is 16.1. The van der Waals surface area contributed by atoms with E-state index in [0.29, 0.717) is 71.7 Å². The Labute approximate surface area is 386 Å². The van der Waals surface area contributed by atoms with Crippen LogP contribution in [0.15, 0.2) is 85.2 Å². The van der Waals surface area contributed by atoms with Crippen LogP contribution < -0.4 is 24.4 Å². The Hall–Kier alpha value is -6.27. The highest BCUT2D eigenvalue weighted by Crippen LogP contribution is 2.41. The maximum absolute atomic E-state index is 14.3. The van der Waals surface area contributed by atoms with Gasteiger partial charge in [0.15, 0.2) is 0 Å². The van der Waals surface area contributed by atoms with Crippen LogP contribution in [0.1, 0.15) is 56.2 Å². The average molecular weight is 931 g/mol. The first-order valence-corrected chi connectivity index (χ1v) is 21.8. The molecule has 0 amide bonds. The van der Waals surface area contributed by atoms with Crippen LogP contribution in [0.3, 0.4) is 0 Å². The fraction of sp³-hybridized carbons (Fsp3) is 0.375. The minimum absolute atomic E-state index is 0.00657. The predicted molar refractivity (Wildman–Crippen MR) is 249 cm³/mol. The van der Waals surface area contributed by atoms with Crippen molar-refractivity contribution in [3.8, 4) is 17.2 Å². The molecular formula is C48H53ClF2N6O9. The second-order valence-corrected chi connectivity index (χ2v) is 16.4. The largest absolute Gasteiger partial charge is 0.497 e. The number of fused-ring (bicyclic) bond motifs is 2. The lowest BCUT2D eigenvalue weighted by molar-refractivity contribution is -0.384. The Morgan fingerprint density at radius 3 is 1.97 bits per heavy atom. The SMILES string of the molecule is COc1cc(C)ccc1CNC1CCO[C@H](C)C1.COc1ccc(CN(c2c([N+](=O)[O-])cnc3ccc(F)cc23)C2CCO[C@H](C)C2)c(OC)c1.O=[N+]([O-])c1cnc2ccc(F)cc2c1Cl. The maximum Gasteiger partial charge on any atom is 0.311 e. The summed E-state index contributed by atoms with van der Waals surface area (Å²) in [5.41, 5.74) is 4.05. The highest BCUT2D eigenvalue weighted by atomic mass is 35.5. The van der Waals surface area contributed by atoms with Gasteiger partial charge in [0.05, 0.1) is 54.4 Å². The van der Waals surface area contributed by atoms with Crippen molar-refractivity contribution in [1.82, 2.24) is 15.3 Å². The highest BCUT2D eigenvalue weighted by Gasteiger charge is 2.33. The Balaban J connectivity index is 0.000000183. The van der Waals surface area contributed by atoms with Crippen molar-refractivity contribution in [1.29, 1.82) is 0 Å². The van der Waals surface area contributed by atoms with Gasteiger partial charge in [0.1, 0.15) is 52.0 Å². The van der Waals surface area contributed by atoms with Crippen LogP contribution in [0.4, 0.5) is 25.8 Å². The van der Waals surface area contributed by atoms with E-state index in [1.807, 2.05) is 24.0 Å². The van der Waals surface area contributed by atoms with Crippen LogP contribution in [0, 0.1) is 38.8 Å². The number of pyridine rings is 2. The summed E-state index contributed by atoms with van der Waals surface area (Å²) in [7, 11) is 4.87. The molecule has 2 aliphatic rings. The van der Waals surface area contributed by atoms with Gasteiger partial charge in [0.2, 0.25) is 0 Å². The van der Waals surface area contributed by atoms with Gasteiger partial charge in [-0.2, -0.15) is 0 Å². The number of aryl methyl sites for hydroxylation is 1. The molecule has 2 saturated heterocycles. The number of benzene rings is 4. The Bertz CT molecular complexity index is 2660. The van der Waals surface area contributed by atoms with Gasteiger partial charge in [-0.3, -0.25) is 20.2 Å². The summed E-state index contributed by atoms with van der Waals surface area (Å²) in [6, 6.07) is 20.2. The molecule has 18 heteroatoms. The molecule has 0 bridgehead atoms. The Kier molecular flexibility index (Phi) is 17.0. The summed E-state index contributed by atoms with van der Waals surface area (Å²) >= 11 is 5.76. The van der Waals surface area contributed by atoms with Crippen LogP contribution in [0.2, 0.25) is 5.02 Å². The summed E-state index contributed by atoms with van der Waals surface area (Å²) in [5.74, 6) is 1.23. The number of methoxy groups -OCH3 is 3. The van der Waals surface area contributed by atoms with Gasteiger partial charge in [-0.1, -0.05) is 23.7 Å². The van der Waals surface area contributed by atoms with E-state index in [1.165, 1.54) is 47.7 Å². The van der Waals surface area contributed by atoms with Gasteiger partial charge in [-0.05, 0) is 107 Å². The van der Waals surface area contributed by atoms with Crippen molar-refractivity contribution in [2.24, 2.45) is 0 Å². The van der Waals surface area contributed by atoms with Crippen molar-refractivity contribution in [3.05, 3.63) is 139 Å². The average Bonchev–Trinajstić information content (AvgIpc) is 3.30. The van der Waals surface area contributed by atoms with E-state index in [0.717, 1.165) is 49.6 Å². The standard InChI is InChI=1S/C24H26FN3O5.C15H23NO2.C9H4ClFN2O2/c1-15-10-18(8-9-33-15)27(14-16-4-6-19(31-2)12-23(16)32-3)24-20-11-17(25)5-7-21(20)26-13-22(24)28(29)30;1-11-4-5-13(15(8-11)17-3)10-16-14-6-7-18-12(2)9-14;10-9-6-3-5(11)1-2-7(6)12-4-8(9)13(14)15/h4-7,11-13,15,18H,8-10,14H2,1-3H3;4-5,8,12,14,16H,6-7,9-10H2,1-3H3;1-4H/t15-,18?;12-,14?;/m11./s1. The van der Waals surface area contributed by atoms with Crippen molar-refractivity contribution < 1.29 is 42.3 Å². The molecule has 66 heavy (non-hydrogen) atoms. The predicted octanol–water partition coefficient (Wildman–Crippen LogP) is 10.5. The Morgan fingerprint density at radius 1 is 0.758 bits per heavy atom. The summed E-state index contributed by atoms with van der Waals surface area (Å²) in [5, 5.41) is 26.7. The number of nitrogens with zero attached hydrogens (tertiary/aromatic N) is 5. The lowest BCUT2D eigenvalue weighted by atomic mass is 9.99. The van der Waals surface area contributed by atoms with Gasteiger partial charge in [0.25, 0.3) is 0 Å². The number of rotatable bonds is 12. The molecular weight excluding hydrogens is 878 g/mol. The van der Waals surface area contributed by atoms with Gasteiger partial charge in [0, 0.05) is 66.4 Å². The molecule has 2 aromatic heterocycles. The van der Waals surface area contributed by atoms with Gasteiger partial charge < -0.3 is 33.9 Å². The number of ether oxygens (including phenoxy) is 5. The topological polar surface area (TPSA) is 173 Å². The van der Waals surface area contributed by atoms with Crippen molar-refractivity contribution in [2.45, 2.75) is 83.8 Å². The summed E-state index contributed by atoms with van der Waals surface area (Å²) in [6.45, 7) is 8.79. The lowest BCUT2D eigenvalue weighted by Gasteiger charge is -2.38. The third-order valence-electron chi connectivity index (χ3n) is 11.5. The molecule has 2 fully saturated rings. The molecule has 4 heterocycles. The first kappa shape index (κ1) is 49.2. The number of hydrogen-bond acceptors (Lipinski definition) is 13. The molecule has 4 atom stereocenters. The van der Waals surface area contributed by atoms with Crippen LogP contribution in [0.5, 0.6) is 17.2 Å². The molecule has 6 aromatic rings. The quantitative estimate of drug-likeness (QED) is 0.0908. The number of nitro groups is 2. The van der Waals surface area contributed by atoms with Gasteiger partial charge >= 0.3 is 11.4 Å². The minimum atomic E-state index is -0.653. The second kappa shape index (κ2) is 22.8. The van der Waals surface area contributed by atoms with E-state index in [9.17, 15) is 29.0 Å². The molecule has 2 aliphatic heterocycles. The molecule has 4 aromatic carbocycles. The third-order valence-corrected chi connectivity index (χ3v) is 11.8.